The van der Waals surface area contributed by atoms with Crippen LogP contribution in [-0.4, -0.2) is 43.5 Å². The number of aliphatic hydroxyl groups excluding tert-OH is 1. The highest BCUT2D eigenvalue weighted by molar-refractivity contribution is 6.06. The number of aliphatic hydroxyl groups is 1. The van der Waals surface area contributed by atoms with E-state index in [2.05, 4.69) is 5.32 Å². The highest BCUT2D eigenvalue weighted by Gasteiger charge is 2.55. The summed E-state index contributed by atoms with van der Waals surface area (Å²) in [6.45, 7) is 1.27. The molecule has 0 bridgehead atoms. The lowest BCUT2D eigenvalue weighted by atomic mass is 9.58. The summed E-state index contributed by atoms with van der Waals surface area (Å²) in [6.07, 6.45) is 3.25. The Morgan fingerprint density at radius 3 is 2.88 bits per heavy atom. The van der Waals surface area contributed by atoms with Gasteiger partial charge in [0.15, 0.2) is 0 Å². The van der Waals surface area contributed by atoms with Crippen LogP contribution in [0, 0.1) is 5.41 Å². The van der Waals surface area contributed by atoms with Crippen molar-refractivity contribution < 1.29 is 23.8 Å². The van der Waals surface area contributed by atoms with Gasteiger partial charge in [-0.2, -0.15) is 0 Å². The predicted octanol–water partition coefficient (Wildman–Crippen LogP) is 2.10. The van der Waals surface area contributed by atoms with Gasteiger partial charge in [0.05, 0.1) is 18.8 Å². The van der Waals surface area contributed by atoms with Gasteiger partial charge in [-0.25, -0.2) is 0 Å². The Kier molecular flexibility index (Phi) is 3.73. The van der Waals surface area contributed by atoms with E-state index in [0.29, 0.717) is 36.5 Å². The summed E-state index contributed by atoms with van der Waals surface area (Å²) in [4.78, 5) is 12.7. The van der Waals surface area contributed by atoms with Gasteiger partial charge in [0.2, 0.25) is 0 Å². The molecule has 1 saturated heterocycles. The van der Waals surface area contributed by atoms with Crippen LogP contribution in [0.5, 0.6) is 5.75 Å². The third-order valence-corrected chi connectivity index (χ3v) is 5.57. The molecule has 2 atom stereocenters. The number of hydrogen-bond acceptors (Lipinski definition) is 5. The summed E-state index contributed by atoms with van der Waals surface area (Å²) in [7, 11) is 1.59. The van der Waals surface area contributed by atoms with Gasteiger partial charge in [-0.1, -0.05) is 0 Å². The van der Waals surface area contributed by atoms with Crippen LogP contribution in [0.15, 0.2) is 28.9 Å². The summed E-state index contributed by atoms with van der Waals surface area (Å²) in [5.41, 5.74) is 0.897. The molecule has 0 radical (unpaired) electrons. The highest BCUT2D eigenvalue weighted by Crippen LogP contribution is 2.49. The first-order valence-electron chi connectivity index (χ1n) is 8.26. The molecule has 128 valence electrons. The summed E-state index contributed by atoms with van der Waals surface area (Å²) in [5.74, 6) is 0.502. The number of hydrogen-bond donors (Lipinski definition) is 2. The van der Waals surface area contributed by atoms with Gasteiger partial charge in [-0.3, -0.25) is 4.79 Å². The van der Waals surface area contributed by atoms with Crippen molar-refractivity contribution in [1.82, 2.24) is 5.32 Å². The van der Waals surface area contributed by atoms with Crippen molar-refractivity contribution in [2.45, 2.75) is 31.4 Å². The first-order chi connectivity index (χ1) is 11.6. The van der Waals surface area contributed by atoms with E-state index in [1.54, 1.807) is 25.3 Å². The van der Waals surface area contributed by atoms with Crippen LogP contribution in [0.1, 0.15) is 29.6 Å². The fourth-order valence-electron chi connectivity index (χ4n) is 3.95. The van der Waals surface area contributed by atoms with E-state index in [-0.39, 0.29) is 23.5 Å². The standard InChI is InChI=1S/C18H21NO5/c1-22-11-2-3-14-12(8-11)13(10-24-14)17(21)19-15-9-16(20)18(15)4-6-23-7-5-18/h2-3,8,10,15-16,20H,4-7,9H2,1H3,(H,19,21)/t15-,16-/m1/s1. The van der Waals surface area contributed by atoms with E-state index in [1.807, 2.05) is 0 Å². The van der Waals surface area contributed by atoms with Crippen LogP contribution in [0.3, 0.4) is 0 Å². The van der Waals surface area contributed by atoms with Gasteiger partial charge in [0.25, 0.3) is 5.91 Å². The molecular formula is C18H21NO5. The molecule has 4 rings (SSSR count). The molecule has 0 unspecified atom stereocenters. The molecule has 1 aromatic carbocycles. The van der Waals surface area contributed by atoms with Crippen molar-refractivity contribution in [1.29, 1.82) is 0 Å². The average molecular weight is 331 g/mol. The van der Waals surface area contributed by atoms with E-state index in [1.165, 1.54) is 6.26 Å². The molecule has 2 heterocycles. The van der Waals surface area contributed by atoms with Crippen molar-refractivity contribution in [3.63, 3.8) is 0 Å². The molecule has 1 aliphatic heterocycles. The van der Waals surface area contributed by atoms with E-state index in [0.717, 1.165) is 18.2 Å². The number of ether oxygens (including phenoxy) is 2. The fraction of sp³-hybridized carbons (Fsp3) is 0.500. The number of amides is 1. The monoisotopic (exact) mass is 331 g/mol. The van der Waals surface area contributed by atoms with Crippen molar-refractivity contribution >= 4 is 16.9 Å². The van der Waals surface area contributed by atoms with Gasteiger partial charge in [0, 0.05) is 30.1 Å². The van der Waals surface area contributed by atoms with Gasteiger partial charge in [-0.05, 0) is 37.5 Å². The molecular weight excluding hydrogens is 310 g/mol. The first kappa shape index (κ1) is 15.5. The minimum atomic E-state index is -0.368. The first-order valence-corrected chi connectivity index (χ1v) is 8.26. The molecule has 6 nitrogen and oxygen atoms in total. The minimum absolute atomic E-state index is 0.0283. The Morgan fingerprint density at radius 2 is 2.17 bits per heavy atom. The molecule has 1 aromatic heterocycles. The molecule has 6 heteroatoms. The van der Waals surface area contributed by atoms with Crippen molar-refractivity contribution in [3.8, 4) is 5.75 Å². The van der Waals surface area contributed by atoms with E-state index in [9.17, 15) is 9.90 Å². The molecule has 1 amide bonds. The van der Waals surface area contributed by atoms with Crippen LogP contribution in [0.4, 0.5) is 0 Å². The molecule has 2 aliphatic rings. The lowest BCUT2D eigenvalue weighted by Crippen LogP contribution is -2.65. The molecule has 2 N–H and O–H groups in total. The maximum absolute atomic E-state index is 12.7. The van der Waals surface area contributed by atoms with Crippen LogP contribution < -0.4 is 10.1 Å². The lowest BCUT2D eigenvalue weighted by molar-refractivity contribution is -0.145. The van der Waals surface area contributed by atoms with Crippen LogP contribution in [-0.2, 0) is 4.74 Å². The summed E-state index contributed by atoms with van der Waals surface area (Å²) in [5, 5.41) is 14.0. The molecule has 1 aliphatic carbocycles. The number of benzene rings is 1. The van der Waals surface area contributed by atoms with Gasteiger partial charge in [0.1, 0.15) is 17.6 Å². The fourth-order valence-corrected chi connectivity index (χ4v) is 3.95. The Hall–Kier alpha value is -2.05. The second-order valence-electron chi connectivity index (χ2n) is 6.63. The second-order valence-corrected chi connectivity index (χ2v) is 6.63. The summed E-state index contributed by atoms with van der Waals surface area (Å²) in [6, 6.07) is 5.36. The largest absolute Gasteiger partial charge is 0.497 e. The maximum atomic E-state index is 12.7. The van der Waals surface area contributed by atoms with E-state index in [4.69, 9.17) is 13.9 Å². The Bertz CT molecular complexity index is 762. The van der Waals surface area contributed by atoms with Crippen molar-refractivity contribution in [2.24, 2.45) is 5.41 Å². The minimum Gasteiger partial charge on any atom is -0.497 e. The number of fused-ring (bicyclic) bond motifs is 1. The molecule has 24 heavy (non-hydrogen) atoms. The summed E-state index contributed by atoms with van der Waals surface area (Å²) >= 11 is 0. The Balaban J connectivity index is 1.56. The van der Waals surface area contributed by atoms with E-state index < -0.39 is 0 Å². The number of nitrogens with one attached hydrogen (secondary N) is 1. The van der Waals surface area contributed by atoms with Crippen LogP contribution in [0.2, 0.25) is 0 Å². The Morgan fingerprint density at radius 1 is 1.38 bits per heavy atom. The number of methoxy groups -OCH3 is 1. The molecule has 1 saturated carbocycles. The molecule has 1 spiro atoms. The van der Waals surface area contributed by atoms with Gasteiger partial charge in [-0.15, -0.1) is 0 Å². The maximum Gasteiger partial charge on any atom is 0.255 e. The number of carbonyl (C=O) groups excluding carboxylic acids is 1. The van der Waals surface area contributed by atoms with Gasteiger partial charge < -0.3 is 24.3 Å². The average Bonchev–Trinajstić information content (AvgIpc) is 3.05. The zero-order valence-electron chi connectivity index (χ0n) is 13.6. The van der Waals surface area contributed by atoms with E-state index >= 15 is 0 Å². The van der Waals surface area contributed by atoms with Crippen molar-refractivity contribution in [3.05, 3.63) is 30.0 Å². The zero-order chi connectivity index (χ0) is 16.7. The highest BCUT2D eigenvalue weighted by atomic mass is 16.5. The smallest absolute Gasteiger partial charge is 0.255 e. The normalized spacial score (nSPS) is 25.4. The third kappa shape index (κ3) is 2.29. The molecule has 2 aromatic rings. The number of rotatable bonds is 3. The van der Waals surface area contributed by atoms with Crippen LogP contribution >= 0.6 is 0 Å². The molecule has 2 fully saturated rings. The quantitative estimate of drug-likeness (QED) is 0.900. The van der Waals surface area contributed by atoms with Crippen LogP contribution in [0.25, 0.3) is 11.0 Å². The number of carbonyl (C=O) groups is 1. The Labute approximate surface area is 139 Å². The predicted molar refractivity (Wildman–Crippen MR) is 87.1 cm³/mol. The van der Waals surface area contributed by atoms with Crippen molar-refractivity contribution in [2.75, 3.05) is 20.3 Å². The SMILES string of the molecule is COc1ccc2occ(C(=O)N[C@@H]3C[C@@H](O)C34CCOCC4)c2c1. The summed E-state index contributed by atoms with van der Waals surface area (Å²) < 4.78 is 16.1. The topological polar surface area (TPSA) is 80.9 Å². The second kappa shape index (κ2) is 5.79. The lowest BCUT2D eigenvalue weighted by Gasteiger charge is -2.55. The number of furan rings is 1. The van der Waals surface area contributed by atoms with Gasteiger partial charge >= 0.3 is 0 Å². The zero-order valence-corrected chi connectivity index (χ0v) is 13.6. The third-order valence-electron chi connectivity index (χ3n) is 5.57.